The minimum Gasteiger partial charge on any atom is -0.488 e. The van der Waals surface area contributed by atoms with Crippen molar-refractivity contribution < 1.29 is 57.8 Å². The molecule has 2 bridgehead atoms. The van der Waals surface area contributed by atoms with E-state index in [4.69, 9.17) is 40.0 Å². The Balaban J connectivity index is 1.48. The van der Waals surface area contributed by atoms with E-state index in [-0.39, 0.29) is 55.6 Å². The number of benzene rings is 1. The van der Waals surface area contributed by atoms with E-state index in [1.165, 1.54) is 19.1 Å². The van der Waals surface area contributed by atoms with Gasteiger partial charge in [0.2, 0.25) is 5.79 Å². The lowest BCUT2D eigenvalue weighted by molar-refractivity contribution is -0.302. The summed E-state index contributed by atoms with van der Waals surface area (Å²) in [7, 11) is 4.73. The van der Waals surface area contributed by atoms with Crippen LogP contribution in [-0.2, 0) is 42.9 Å². The van der Waals surface area contributed by atoms with Crippen molar-refractivity contribution in [3.8, 4) is 5.75 Å². The molecule has 13 nitrogen and oxygen atoms in total. The summed E-state index contributed by atoms with van der Waals surface area (Å²) in [4.78, 5) is 58.3. The van der Waals surface area contributed by atoms with Gasteiger partial charge in [0.05, 0.1) is 24.4 Å². The van der Waals surface area contributed by atoms with Gasteiger partial charge < -0.3 is 43.5 Å². The van der Waals surface area contributed by atoms with Gasteiger partial charge in [0, 0.05) is 57.1 Å². The molecular weight excluding hydrogens is 830 g/mol. The molecule has 0 radical (unpaired) electrons. The number of piperidine rings is 1. The van der Waals surface area contributed by atoms with Crippen molar-refractivity contribution in [1.29, 1.82) is 0 Å². The summed E-state index contributed by atoms with van der Waals surface area (Å²) < 4.78 is 36.6. The third-order valence-electron chi connectivity index (χ3n) is 14.0. The number of ketones is 2. The zero-order chi connectivity index (χ0) is 46.2. The second kappa shape index (κ2) is 22.8. The lowest BCUT2D eigenvalue weighted by atomic mass is 9.81. The van der Waals surface area contributed by atoms with E-state index in [0.717, 1.165) is 12.0 Å². The van der Waals surface area contributed by atoms with Gasteiger partial charge in [-0.15, -0.1) is 0 Å². The molecular formula is C49H72ClNO12. The van der Waals surface area contributed by atoms with E-state index in [1.54, 1.807) is 33.1 Å². The monoisotopic (exact) mass is 901 g/mol. The van der Waals surface area contributed by atoms with E-state index in [9.17, 15) is 29.4 Å². The Bertz CT molecular complexity index is 1780. The number of allylic oxidation sites excluding steroid dienone is 3. The van der Waals surface area contributed by atoms with Crippen molar-refractivity contribution >= 4 is 35.0 Å². The fraction of sp³-hybridized carbons (Fsp3) is 0.714. The molecule has 0 aromatic heterocycles. The molecule has 14 heteroatoms. The molecule has 3 fully saturated rings. The van der Waals surface area contributed by atoms with Gasteiger partial charge in [-0.2, -0.15) is 0 Å². The molecule has 2 saturated heterocycles. The third kappa shape index (κ3) is 12.4. The van der Waals surface area contributed by atoms with Crippen LogP contribution in [0.15, 0.2) is 47.6 Å². The Hall–Kier alpha value is -3.17. The van der Waals surface area contributed by atoms with E-state index >= 15 is 0 Å². The first-order valence-corrected chi connectivity index (χ1v) is 23.3. The normalized spacial score (nSPS) is 38.2. The van der Waals surface area contributed by atoms with Gasteiger partial charge in [-0.1, -0.05) is 57.0 Å². The molecule has 3 aliphatic heterocycles. The minimum absolute atomic E-state index is 0.0117. The van der Waals surface area contributed by atoms with Crippen LogP contribution in [0, 0.1) is 29.6 Å². The summed E-state index contributed by atoms with van der Waals surface area (Å²) in [6, 6.07) is 6.07. The maximum Gasteiger partial charge on any atom is 0.329 e. The molecule has 2 N–H and O–H groups in total. The Kier molecular flexibility index (Phi) is 18.4. The van der Waals surface area contributed by atoms with Gasteiger partial charge in [-0.3, -0.25) is 14.4 Å². The van der Waals surface area contributed by atoms with E-state index in [1.807, 2.05) is 39.0 Å². The van der Waals surface area contributed by atoms with Crippen LogP contribution in [0.1, 0.15) is 112 Å². The fourth-order valence-corrected chi connectivity index (χ4v) is 10.3. The molecule has 1 aromatic carbocycles. The number of rotatable bonds is 8. The molecule has 1 aromatic rings. The molecule has 63 heavy (non-hydrogen) atoms. The van der Waals surface area contributed by atoms with Crippen molar-refractivity contribution in [3.63, 3.8) is 0 Å². The first-order chi connectivity index (χ1) is 29.9. The molecule has 352 valence electrons. The molecule has 3 heterocycles. The Morgan fingerprint density at radius 3 is 2.22 bits per heavy atom. The van der Waals surface area contributed by atoms with E-state index < -0.39 is 77.8 Å². The van der Waals surface area contributed by atoms with Crippen LogP contribution in [0.3, 0.4) is 0 Å². The summed E-state index contributed by atoms with van der Waals surface area (Å²) in [6.45, 7) is 11.3. The fourth-order valence-electron chi connectivity index (χ4n) is 10.2. The van der Waals surface area contributed by atoms with Gasteiger partial charge in [0.25, 0.3) is 11.7 Å². The van der Waals surface area contributed by atoms with E-state index in [0.29, 0.717) is 61.3 Å². The molecule has 1 aliphatic carbocycles. The topological polar surface area (TPSA) is 167 Å². The molecule has 14 atom stereocenters. The summed E-state index contributed by atoms with van der Waals surface area (Å²) in [5, 5.41) is 24.5. The highest BCUT2D eigenvalue weighted by Crippen LogP contribution is 2.39. The highest BCUT2D eigenvalue weighted by molar-refractivity contribution is 6.39. The first-order valence-electron chi connectivity index (χ1n) is 23.0. The van der Waals surface area contributed by atoms with Gasteiger partial charge >= 0.3 is 5.97 Å². The Morgan fingerprint density at radius 1 is 0.905 bits per heavy atom. The number of hydrogen-bond acceptors (Lipinski definition) is 12. The van der Waals surface area contributed by atoms with Gasteiger partial charge in [0.1, 0.15) is 35.9 Å². The largest absolute Gasteiger partial charge is 0.488 e. The number of ether oxygens (including phenoxy) is 6. The van der Waals surface area contributed by atoms with Gasteiger partial charge in [-0.05, 0) is 120 Å². The average Bonchev–Trinajstić information content (AvgIpc) is 3.27. The number of carbonyl (C=O) groups is 4. The number of methoxy groups -OCH3 is 3. The summed E-state index contributed by atoms with van der Waals surface area (Å²) in [5.74, 6) is -6.82. The van der Waals surface area contributed by atoms with Crippen LogP contribution >= 0.6 is 11.6 Å². The molecule has 5 rings (SSSR count). The van der Waals surface area contributed by atoms with Crippen molar-refractivity contribution in [2.24, 2.45) is 29.6 Å². The second-order valence-corrected chi connectivity index (χ2v) is 19.1. The minimum atomic E-state index is -2.51. The van der Waals surface area contributed by atoms with Crippen LogP contribution in [0.2, 0.25) is 5.02 Å². The van der Waals surface area contributed by atoms with Crippen LogP contribution in [-0.4, -0.2) is 121 Å². The number of Topliss-reactive ketones (excluding diaryl/α,β-unsaturated/α-hetero) is 2. The maximum absolute atomic E-state index is 14.5. The standard InChI is InChI=1S/C49H72ClNO12/c1-10-34-22-28(2)21-29(3)23-42(59-8)45-43(60-9)25-31(5)49(57,63-45)46(54)47(55)51-20-12-11-13-37(51)48(56)62-44(32(6)38(52)27-39(34)53)30(4)24-33-14-19-40(41(26-33)58-7)61-36-17-15-35(50)16-18-36/h15-18,22,24,29,31-34,37-38,40-45,52,57H,10-14,19-21,23,25-27H2,1-9H3/b28-22+,30-24?. The summed E-state index contributed by atoms with van der Waals surface area (Å²) in [6.07, 6.45) is 4.52. The first kappa shape index (κ1) is 50.8. The number of aliphatic hydroxyl groups is 2. The van der Waals surface area contributed by atoms with Crippen molar-refractivity contribution in [1.82, 2.24) is 4.90 Å². The number of hydrogen-bond donors (Lipinski definition) is 2. The van der Waals surface area contributed by atoms with Crippen LogP contribution in [0.5, 0.6) is 5.75 Å². The predicted molar refractivity (Wildman–Crippen MR) is 238 cm³/mol. The van der Waals surface area contributed by atoms with Crippen molar-refractivity contribution in [2.45, 2.75) is 167 Å². The highest BCUT2D eigenvalue weighted by Gasteiger charge is 2.56. The predicted octanol–water partition coefficient (Wildman–Crippen LogP) is 7.21. The molecule has 0 spiro atoms. The number of aliphatic hydroxyl groups excluding tert-OH is 1. The van der Waals surface area contributed by atoms with Gasteiger partial charge in [0.15, 0.2) is 0 Å². The second-order valence-electron chi connectivity index (χ2n) is 18.7. The maximum atomic E-state index is 14.5. The Labute approximate surface area is 379 Å². The third-order valence-corrected chi connectivity index (χ3v) is 14.2. The van der Waals surface area contributed by atoms with Crippen LogP contribution in [0.25, 0.3) is 0 Å². The van der Waals surface area contributed by atoms with Crippen LogP contribution < -0.4 is 4.74 Å². The number of fused-ring (bicyclic) bond motifs is 3. The zero-order valence-corrected chi connectivity index (χ0v) is 39.5. The van der Waals surface area contributed by atoms with Gasteiger partial charge in [-0.25, -0.2) is 4.79 Å². The number of esters is 1. The summed E-state index contributed by atoms with van der Waals surface area (Å²) >= 11 is 6.09. The van der Waals surface area contributed by atoms with Crippen LogP contribution in [0.4, 0.5) is 0 Å². The SMILES string of the molecule is CCC1/C=C(\C)CC(C)CC(OC)C2OC(O)(C(=O)C(=O)N3CCCCC3C(=O)OC(C(C)=CC3CCC(Oc4ccc(Cl)cc4)C(OC)C3)C(C)C(O)CC1=O)C(C)CC2OC. The average molecular weight is 903 g/mol. The number of nitrogens with zero attached hydrogens (tertiary/aromatic N) is 1. The Morgan fingerprint density at radius 2 is 1.57 bits per heavy atom. The smallest absolute Gasteiger partial charge is 0.329 e. The molecule has 1 amide bonds. The zero-order valence-electron chi connectivity index (χ0n) is 38.8. The summed E-state index contributed by atoms with van der Waals surface area (Å²) in [5.41, 5.74) is 1.68. The number of halogens is 1. The van der Waals surface area contributed by atoms with E-state index in [2.05, 4.69) is 13.0 Å². The number of carbonyl (C=O) groups excluding carboxylic acids is 4. The lowest BCUT2D eigenvalue weighted by Gasteiger charge is -2.47. The number of cyclic esters (lactones) is 1. The quantitative estimate of drug-likeness (QED) is 0.153. The molecule has 1 saturated carbocycles. The lowest BCUT2D eigenvalue weighted by Crippen LogP contribution is -2.64. The highest BCUT2D eigenvalue weighted by atomic mass is 35.5. The van der Waals surface area contributed by atoms with Crippen molar-refractivity contribution in [3.05, 3.63) is 52.6 Å². The molecule has 14 unspecified atom stereocenters. The van der Waals surface area contributed by atoms with Crippen molar-refractivity contribution in [2.75, 3.05) is 27.9 Å². The molecule has 4 aliphatic rings. The number of amides is 1.